The molecule has 0 radical (unpaired) electrons. The van der Waals surface area contributed by atoms with Gasteiger partial charge in [0.05, 0.1) is 31.1 Å². The van der Waals surface area contributed by atoms with E-state index in [0.717, 1.165) is 38.5 Å². The van der Waals surface area contributed by atoms with Crippen molar-refractivity contribution in [1.29, 1.82) is 0 Å². The van der Waals surface area contributed by atoms with E-state index in [2.05, 4.69) is 38.2 Å². The third-order valence-electron chi connectivity index (χ3n) is 3.47. The van der Waals surface area contributed by atoms with Crippen molar-refractivity contribution >= 4 is 21.6 Å². The maximum Gasteiger partial charge on any atom is 0.283 e. The number of anilines is 1. The van der Waals surface area contributed by atoms with E-state index in [0.29, 0.717) is 4.47 Å². The van der Waals surface area contributed by atoms with E-state index in [4.69, 9.17) is 4.74 Å². The van der Waals surface area contributed by atoms with Gasteiger partial charge in [-0.05, 0) is 36.7 Å². The molecule has 1 saturated heterocycles. The van der Waals surface area contributed by atoms with E-state index in [1.54, 1.807) is 6.20 Å². The summed E-state index contributed by atoms with van der Waals surface area (Å²) < 4.78 is 7.36. The molecule has 0 saturated carbocycles. The summed E-state index contributed by atoms with van der Waals surface area (Å²) in [4.78, 5) is 14.5. The van der Waals surface area contributed by atoms with Gasteiger partial charge in [-0.2, -0.15) is 5.10 Å². The van der Waals surface area contributed by atoms with Crippen LogP contribution in [-0.4, -0.2) is 53.6 Å². The topological polar surface area (TPSA) is 59.4 Å². The van der Waals surface area contributed by atoms with Gasteiger partial charge in [-0.15, -0.1) is 0 Å². The minimum atomic E-state index is -0.103. The second kappa shape index (κ2) is 7.38. The van der Waals surface area contributed by atoms with Crippen molar-refractivity contribution in [2.24, 2.45) is 0 Å². The first-order chi connectivity index (χ1) is 9.99. The van der Waals surface area contributed by atoms with E-state index in [1.807, 2.05) is 13.8 Å². The molecule has 21 heavy (non-hydrogen) atoms. The highest BCUT2D eigenvalue weighted by atomic mass is 79.9. The summed E-state index contributed by atoms with van der Waals surface area (Å²) in [6.45, 7) is 10.4. The number of morpholine rings is 1. The fourth-order valence-corrected chi connectivity index (χ4v) is 2.79. The predicted molar refractivity (Wildman–Crippen MR) is 86.9 cm³/mol. The Kier molecular flexibility index (Phi) is 5.78. The molecule has 0 aliphatic carbocycles. The van der Waals surface area contributed by atoms with Crippen LogP contribution in [0.5, 0.6) is 0 Å². The van der Waals surface area contributed by atoms with Gasteiger partial charge in [-0.1, -0.05) is 0 Å². The molecular formula is C14H23BrN4O2. The van der Waals surface area contributed by atoms with Crippen LogP contribution in [0.3, 0.4) is 0 Å². The molecule has 1 N–H and O–H groups in total. The predicted octanol–water partition coefficient (Wildman–Crippen LogP) is 1.72. The van der Waals surface area contributed by atoms with Crippen LogP contribution in [0.25, 0.3) is 0 Å². The molecule has 2 heterocycles. The molecular weight excluding hydrogens is 336 g/mol. The monoisotopic (exact) mass is 358 g/mol. The van der Waals surface area contributed by atoms with Crippen LogP contribution in [0.15, 0.2) is 15.5 Å². The Morgan fingerprint density at radius 1 is 1.38 bits per heavy atom. The summed E-state index contributed by atoms with van der Waals surface area (Å²) in [6.07, 6.45) is 1.71. The highest BCUT2D eigenvalue weighted by Gasteiger charge is 2.16. The van der Waals surface area contributed by atoms with Crippen LogP contribution in [-0.2, 0) is 4.74 Å². The lowest BCUT2D eigenvalue weighted by Crippen LogP contribution is -2.42. The highest BCUT2D eigenvalue weighted by molar-refractivity contribution is 9.10. The molecule has 0 aromatic carbocycles. The summed E-state index contributed by atoms with van der Waals surface area (Å²) in [5.41, 5.74) is 0.645. The van der Waals surface area contributed by atoms with Gasteiger partial charge in [0.15, 0.2) is 0 Å². The Labute approximate surface area is 133 Å². The lowest BCUT2D eigenvalue weighted by molar-refractivity contribution is 0.0368. The SMILES string of the molecule is CC(CN1CCOCC1)Nc1cnn(C(C)C)c(=O)c1Br. The Morgan fingerprint density at radius 2 is 2.05 bits per heavy atom. The van der Waals surface area contributed by atoms with Crippen molar-refractivity contribution in [2.75, 3.05) is 38.2 Å². The van der Waals surface area contributed by atoms with E-state index in [1.165, 1.54) is 4.68 Å². The molecule has 0 amide bonds. The van der Waals surface area contributed by atoms with Crippen LogP contribution < -0.4 is 10.9 Å². The zero-order chi connectivity index (χ0) is 15.4. The first-order valence-electron chi connectivity index (χ1n) is 7.33. The molecule has 1 aromatic heterocycles. The van der Waals surface area contributed by atoms with Gasteiger partial charge in [-0.3, -0.25) is 9.69 Å². The van der Waals surface area contributed by atoms with Gasteiger partial charge in [0, 0.05) is 25.7 Å². The number of nitrogens with zero attached hydrogens (tertiary/aromatic N) is 3. The van der Waals surface area contributed by atoms with E-state index in [-0.39, 0.29) is 17.6 Å². The minimum Gasteiger partial charge on any atom is -0.379 e. The van der Waals surface area contributed by atoms with Crippen LogP contribution in [0.4, 0.5) is 5.69 Å². The highest BCUT2D eigenvalue weighted by Crippen LogP contribution is 2.18. The molecule has 2 rings (SSSR count). The first kappa shape index (κ1) is 16.5. The summed E-state index contributed by atoms with van der Waals surface area (Å²) in [5.74, 6) is 0. The number of hydrogen-bond donors (Lipinski definition) is 1. The summed E-state index contributed by atoms with van der Waals surface area (Å²) in [6, 6.07) is 0.282. The molecule has 6 nitrogen and oxygen atoms in total. The fraction of sp³-hybridized carbons (Fsp3) is 0.714. The number of halogens is 1. The molecule has 0 bridgehead atoms. The fourth-order valence-electron chi connectivity index (χ4n) is 2.40. The van der Waals surface area contributed by atoms with Crippen LogP contribution >= 0.6 is 15.9 Å². The molecule has 1 unspecified atom stereocenters. The smallest absolute Gasteiger partial charge is 0.283 e. The van der Waals surface area contributed by atoms with Crippen LogP contribution in [0.2, 0.25) is 0 Å². The number of aromatic nitrogens is 2. The Morgan fingerprint density at radius 3 is 2.67 bits per heavy atom. The molecule has 1 aliphatic heterocycles. The number of hydrogen-bond acceptors (Lipinski definition) is 5. The third kappa shape index (κ3) is 4.28. The number of ether oxygens (including phenoxy) is 1. The average molecular weight is 359 g/mol. The molecule has 1 aromatic rings. The van der Waals surface area contributed by atoms with Crippen molar-refractivity contribution in [3.63, 3.8) is 0 Å². The van der Waals surface area contributed by atoms with Crippen molar-refractivity contribution in [2.45, 2.75) is 32.9 Å². The zero-order valence-electron chi connectivity index (χ0n) is 12.8. The van der Waals surface area contributed by atoms with Gasteiger partial charge in [0.1, 0.15) is 4.47 Å². The van der Waals surface area contributed by atoms with Gasteiger partial charge in [0.25, 0.3) is 5.56 Å². The lowest BCUT2D eigenvalue weighted by Gasteiger charge is -2.29. The normalized spacial score (nSPS) is 18.0. The Bertz CT molecular complexity index is 526. The van der Waals surface area contributed by atoms with Gasteiger partial charge in [0.2, 0.25) is 0 Å². The Hall–Kier alpha value is -0.920. The molecule has 7 heteroatoms. The van der Waals surface area contributed by atoms with Crippen LogP contribution in [0, 0.1) is 0 Å². The number of rotatable bonds is 5. The maximum absolute atomic E-state index is 12.2. The second-order valence-corrected chi connectivity index (χ2v) is 6.47. The van der Waals surface area contributed by atoms with E-state index in [9.17, 15) is 4.79 Å². The largest absolute Gasteiger partial charge is 0.379 e. The van der Waals surface area contributed by atoms with E-state index >= 15 is 0 Å². The Balaban J connectivity index is 2.02. The van der Waals surface area contributed by atoms with Crippen molar-refractivity contribution < 1.29 is 4.74 Å². The quantitative estimate of drug-likeness (QED) is 0.868. The standard InChI is InChI=1S/C14H23BrN4O2/c1-10(2)19-14(20)13(15)12(8-16-19)17-11(3)9-18-4-6-21-7-5-18/h8,10-11,17H,4-7,9H2,1-3H3. The number of nitrogens with one attached hydrogen (secondary N) is 1. The molecule has 118 valence electrons. The zero-order valence-corrected chi connectivity index (χ0v) is 14.4. The third-order valence-corrected chi connectivity index (χ3v) is 4.24. The minimum absolute atomic E-state index is 0.0497. The lowest BCUT2D eigenvalue weighted by atomic mass is 10.2. The summed E-state index contributed by atoms with van der Waals surface area (Å²) in [5, 5.41) is 7.58. The van der Waals surface area contributed by atoms with Crippen molar-refractivity contribution in [1.82, 2.24) is 14.7 Å². The van der Waals surface area contributed by atoms with Gasteiger partial charge in [-0.25, -0.2) is 4.68 Å². The van der Waals surface area contributed by atoms with Gasteiger partial charge < -0.3 is 10.1 Å². The van der Waals surface area contributed by atoms with Gasteiger partial charge >= 0.3 is 0 Å². The molecule has 1 aliphatic rings. The molecule has 0 spiro atoms. The summed E-state index contributed by atoms with van der Waals surface area (Å²) >= 11 is 3.38. The maximum atomic E-state index is 12.2. The molecule has 1 fully saturated rings. The van der Waals surface area contributed by atoms with Crippen LogP contribution in [0.1, 0.15) is 26.8 Å². The first-order valence-corrected chi connectivity index (χ1v) is 8.12. The van der Waals surface area contributed by atoms with Crippen molar-refractivity contribution in [3.05, 3.63) is 21.0 Å². The second-order valence-electron chi connectivity index (χ2n) is 5.67. The summed E-state index contributed by atoms with van der Waals surface area (Å²) in [7, 11) is 0. The van der Waals surface area contributed by atoms with E-state index < -0.39 is 0 Å². The average Bonchev–Trinajstić information content (AvgIpc) is 2.44. The van der Waals surface area contributed by atoms with Crippen molar-refractivity contribution in [3.8, 4) is 0 Å². The molecule has 1 atom stereocenters.